The second kappa shape index (κ2) is 5.29. The van der Waals surface area contributed by atoms with E-state index in [4.69, 9.17) is 20.4 Å². The summed E-state index contributed by atoms with van der Waals surface area (Å²) in [6.07, 6.45) is 0.861. The van der Waals surface area contributed by atoms with Gasteiger partial charge in [-0.3, -0.25) is 0 Å². The second-order valence-corrected chi connectivity index (χ2v) is 3.82. The van der Waals surface area contributed by atoms with Crippen LogP contribution in [0.3, 0.4) is 0 Å². The van der Waals surface area contributed by atoms with Gasteiger partial charge in [0.05, 0.1) is 12.6 Å². The highest BCUT2D eigenvalue weighted by Gasteiger charge is 2.35. The lowest BCUT2D eigenvalue weighted by atomic mass is 10.0. The van der Waals surface area contributed by atoms with Crippen LogP contribution in [0.5, 0.6) is 0 Å². The molecule has 0 radical (unpaired) electrons. The van der Waals surface area contributed by atoms with Crippen LogP contribution in [0.2, 0.25) is 0 Å². The minimum absolute atomic E-state index is 0.167. The Balaban J connectivity index is 2.41. The summed E-state index contributed by atoms with van der Waals surface area (Å²) in [6.45, 7) is 3.75. The van der Waals surface area contributed by atoms with E-state index in [0.717, 1.165) is 6.42 Å². The van der Waals surface area contributed by atoms with Crippen molar-refractivity contribution >= 4 is 5.84 Å². The van der Waals surface area contributed by atoms with Gasteiger partial charge in [0, 0.05) is 26.7 Å². The van der Waals surface area contributed by atoms with Crippen molar-refractivity contribution in [1.82, 2.24) is 5.32 Å². The summed E-state index contributed by atoms with van der Waals surface area (Å²) >= 11 is 0. The molecular weight excluding hydrogens is 198 g/mol. The molecule has 0 aromatic rings. The minimum Gasteiger partial charge on any atom is -0.409 e. The Hall–Kier alpha value is -0.850. The third kappa shape index (κ3) is 3.05. The number of ether oxygens (including phenoxy) is 2. The molecule has 15 heavy (non-hydrogen) atoms. The van der Waals surface area contributed by atoms with Crippen LogP contribution in [0.4, 0.5) is 0 Å². The SMILES string of the molecule is COC1(CNC(C)C(N)=NO)CCOC1. The first-order chi connectivity index (χ1) is 7.13. The molecule has 0 bridgehead atoms. The Labute approximate surface area is 89.4 Å². The van der Waals surface area contributed by atoms with Gasteiger partial charge < -0.3 is 25.7 Å². The van der Waals surface area contributed by atoms with E-state index in [2.05, 4.69) is 10.5 Å². The molecule has 1 rings (SSSR count). The van der Waals surface area contributed by atoms with Gasteiger partial charge in [-0.15, -0.1) is 0 Å². The van der Waals surface area contributed by atoms with Crippen molar-refractivity contribution in [3.05, 3.63) is 0 Å². The number of hydrogen-bond acceptors (Lipinski definition) is 5. The van der Waals surface area contributed by atoms with Crippen LogP contribution >= 0.6 is 0 Å². The van der Waals surface area contributed by atoms with Crippen LogP contribution < -0.4 is 11.1 Å². The normalized spacial score (nSPS) is 29.3. The first-order valence-electron chi connectivity index (χ1n) is 4.97. The first-order valence-corrected chi connectivity index (χ1v) is 4.97. The van der Waals surface area contributed by atoms with E-state index in [0.29, 0.717) is 19.8 Å². The van der Waals surface area contributed by atoms with Gasteiger partial charge in [0.1, 0.15) is 5.60 Å². The molecule has 0 spiro atoms. The molecule has 0 saturated carbocycles. The lowest BCUT2D eigenvalue weighted by Gasteiger charge is -2.27. The van der Waals surface area contributed by atoms with E-state index in [1.54, 1.807) is 7.11 Å². The number of methoxy groups -OCH3 is 1. The fourth-order valence-corrected chi connectivity index (χ4v) is 1.49. The molecule has 1 heterocycles. The smallest absolute Gasteiger partial charge is 0.156 e. The maximum absolute atomic E-state index is 8.49. The van der Waals surface area contributed by atoms with E-state index in [1.807, 2.05) is 6.92 Å². The summed E-state index contributed by atoms with van der Waals surface area (Å²) < 4.78 is 10.7. The summed E-state index contributed by atoms with van der Waals surface area (Å²) in [5, 5.41) is 14.6. The van der Waals surface area contributed by atoms with Crippen LogP contribution in [-0.4, -0.2) is 49.6 Å². The topological polar surface area (TPSA) is 89.1 Å². The molecule has 4 N–H and O–H groups in total. The van der Waals surface area contributed by atoms with Crippen molar-refractivity contribution in [2.45, 2.75) is 25.0 Å². The molecule has 2 atom stereocenters. The Morgan fingerprint density at radius 2 is 2.53 bits per heavy atom. The van der Waals surface area contributed by atoms with Crippen LogP contribution in [0.15, 0.2) is 5.16 Å². The van der Waals surface area contributed by atoms with Gasteiger partial charge in [0.15, 0.2) is 5.84 Å². The highest BCUT2D eigenvalue weighted by atomic mass is 16.5. The van der Waals surface area contributed by atoms with Gasteiger partial charge in [-0.1, -0.05) is 5.16 Å². The Bertz CT molecular complexity index is 227. The van der Waals surface area contributed by atoms with Crippen molar-refractivity contribution in [2.24, 2.45) is 10.9 Å². The maximum Gasteiger partial charge on any atom is 0.156 e. The number of oxime groups is 1. The standard InChI is InChI=1S/C9H19N3O3/c1-7(8(10)12-13)11-5-9(14-2)3-4-15-6-9/h7,11,13H,3-6H2,1-2H3,(H2,10,12). The summed E-state index contributed by atoms with van der Waals surface area (Å²) in [4.78, 5) is 0. The highest BCUT2D eigenvalue weighted by molar-refractivity contribution is 5.84. The minimum atomic E-state index is -0.274. The van der Waals surface area contributed by atoms with E-state index < -0.39 is 0 Å². The molecule has 1 saturated heterocycles. The van der Waals surface area contributed by atoms with Gasteiger partial charge in [-0.2, -0.15) is 0 Å². The number of nitrogens with one attached hydrogen (secondary N) is 1. The molecule has 6 heteroatoms. The maximum atomic E-state index is 8.49. The predicted molar refractivity (Wildman–Crippen MR) is 56.0 cm³/mol. The Morgan fingerprint density at radius 3 is 3.00 bits per heavy atom. The lowest BCUT2D eigenvalue weighted by molar-refractivity contribution is -0.0162. The molecule has 0 aromatic heterocycles. The number of nitrogens with zero attached hydrogens (tertiary/aromatic N) is 1. The van der Waals surface area contributed by atoms with Crippen molar-refractivity contribution in [3.63, 3.8) is 0 Å². The highest BCUT2D eigenvalue weighted by Crippen LogP contribution is 2.21. The monoisotopic (exact) mass is 217 g/mol. The molecule has 0 amide bonds. The number of nitrogens with two attached hydrogens (primary N) is 1. The van der Waals surface area contributed by atoms with E-state index in [1.165, 1.54) is 0 Å². The summed E-state index contributed by atoms with van der Waals surface area (Å²) in [5.41, 5.74) is 5.18. The molecule has 0 aliphatic carbocycles. The third-order valence-electron chi connectivity index (χ3n) is 2.79. The van der Waals surface area contributed by atoms with E-state index in [9.17, 15) is 0 Å². The largest absolute Gasteiger partial charge is 0.409 e. The molecule has 2 unspecified atom stereocenters. The van der Waals surface area contributed by atoms with Crippen LogP contribution in [0.25, 0.3) is 0 Å². The van der Waals surface area contributed by atoms with Crippen molar-refractivity contribution in [3.8, 4) is 0 Å². The van der Waals surface area contributed by atoms with Gasteiger partial charge in [-0.05, 0) is 6.92 Å². The van der Waals surface area contributed by atoms with Gasteiger partial charge in [0.25, 0.3) is 0 Å². The summed E-state index contributed by atoms with van der Waals surface area (Å²) in [7, 11) is 1.67. The lowest BCUT2D eigenvalue weighted by Crippen LogP contribution is -2.49. The zero-order chi connectivity index (χ0) is 11.3. The molecule has 88 valence electrons. The zero-order valence-electron chi connectivity index (χ0n) is 9.19. The number of hydrogen-bond donors (Lipinski definition) is 3. The summed E-state index contributed by atoms with van der Waals surface area (Å²) in [5.74, 6) is 0.167. The molecular formula is C9H19N3O3. The molecule has 1 fully saturated rings. The van der Waals surface area contributed by atoms with Crippen molar-refractivity contribution in [2.75, 3.05) is 26.9 Å². The number of rotatable bonds is 5. The third-order valence-corrected chi connectivity index (χ3v) is 2.79. The van der Waals surface area contributed by atoms with Gasteiger partial charge in [-0.25, -0.2) is 0 Å². The average Bonchev–Trinajstić information content (AvgIpc) is 2.74. The Kier molecular flexibility index (Phi) is 4.31. The summed E-state index contributed by atoms with van der Waals surface area (Å²) in [6, 6.07) is -0.178. The van der Waals surface area contributed by atoms with Crippen molar-refractivity contribution in [1.29, 1.82) is 0 Å². The van der Waals surface area contributed by atoms with Gasteiger partial charge in [0.2, 0.25) is 0 Å². The van der Waals surface area contributed by atoms with Gasteiger partial charge >= 0.3 is 0 Å². The van der Waals surface area contributed by atoms with Crippen LogP contribution in [-0.2, 0) is 9.47 Å². The van der Waals surface area contributed by atoms with E-state index >= 15 is 0 Å². The van der Waals surface area contributed by atoms with Crippen LogP contribution in [0, 0.1) is 0 Å². The first kappa shape index (κ1) is 12.2. The quantitative estimate of drug-likeness (QED) is 0.250. The van der Waals surface area contributed by atoms with Crippen molar-refractivity contribution < 1.29 is 14.7 Å². The Morgan fingerprint density at radius 1 is 1.80 bits per heavy atom. The predicted octanol–water partition coefficient (Wildman–Crippen LogP) is -0.484. The number of amidine groups is 1. The average molecular weight is 217 g/mol. The zero-order valence-corrected chi connectivity index (χ0v) is 9.19. The fraction of sp³-hybridized carbons (Fsp3) is 0.889. The molecule has 6 nitrogen and oxygen atoms in total. The molecule has 0 aromatic carbocycles. The molecule has 1 aliphatic rings. The van der Waals surface area contributed by atoms with E-state index in [-0.39, 0.29) is 17.5 Å². The second-order valence-electron chi connectivity index (χ2n) is 3.82. The van der Waals surface area contributed by atoms with Crippen LogP contribution in [0.1, 0.15) is 13.3 Å². The fourth-order valence-electron chi connectivity index (χ4n) is 1.49. The molecule has 1 aliphatic heterocycles.